The van der Waals surface area contributed by atoms with Crippen LogP contribution in [0.5, 0.6) is 0 Å². The average molecular weight is 303 g/mol. The largest absolute Gasteiger partial charge is 0.151 e. The van der Waals surface area contributed by atoms with Gasteiger partial charge in [-0.25, -0.2) is 0 Å². The van der Waals surface area contributed by atoms with Crippen molar-refractivity contribution in [3.8, 4) is 0 Å². The summed E-state index contributed by atoms with van der Waals surface area (Å²) in [7, 11) is 0. The van der Waals surface area contributed by atoms with E-state index in [4.69, 9.17) is 0 Å². The third kappa shape index (κ3) is 3.77. The van der Waals surface area contributed by atoms with Crippen molar-refractivity contribution in [2.45, 2.75) is 19.8 Å². The van der Waals surface area contributed by atoms with Crippen LogP contribution >= 0.6 is 15.9 Å². The minimum absolute atomic E-state index is 0.857. The first-order valence-electron chi connectivity index (χ1n) is 6.04. The molecule has 0 fully saturated rings. The van der Waals surface area contributed by atoms with Crippen LogP contribution in [0, 0.1) is 0 Å². The first-order chi connectivity index (χ1) is 8.78. The number of rotatable bonds is 4. The van der Waals surface area contributed by atoms with Gasteiger partial charge in [0.15, 0.2) is 0 Å². The van der Waals surface area contributed by atoms with E-state index in [1.807, 2.05) is 36.4 Å². The molecule has 0 aliphatic rings. The minimum atomic E-state index is 0.857. The van der Waals surface area contributed by atoms with Gasteiger partial charge in [-0.1, -0.05) is 41.4 Å². The third-order valence-corrected chi connectivity index (χ3v) is 3.11. The van der Waals surface area contributed by atoms with E-state index in [9.17, 15) is 0 Å². The lowest BCUT2D eigenvalue weighted by molar-refractivity contribution is 0.922. The molecule has 0 N–H and O–H groups in total. The first kappa shape index (κ1) is 13.0. The third-order valence-electron chi connectivity index (χ3n) is 2.58. The van der Waals surface area contributed by atoms with E-state index in [0.29, 0.717) is 0 Å². The van der Waals surface area contributed by atoms with Crippen LogP contribution in [0.3, 0.4) is 0 Å². The van der Waals surface area contributed by atoms with Gasteiger partial charge in [0.2, 0.25) is 0 Å². The van der Waals surface area contributed by atoms with Gasteiger partial charge in [0.25, 0.3) is 0 Å². The van der Waals surface area contributed by atoms with E-state index >= 15 is 0 Å². The fraction of sp³-hybridized carbons (Fsp3) is 0.200. The molecular weight excluding hydrogens is 288 g/mol. The molecule has 0 aromatic heterocycles. The Balaban J connectivity index is 2.06. The number of halogens is 1. The van der Waals surface area contributed by atoms with Crippen molar-refractivity contribution < 1.29 is 0 Å². The molecule has 2 aromatic carbocycles. The molecule has 0 radical (unpaired) electrons. The lowest BCUT2D eigenvalue weighted by Crippen LogP contribution is -1.80. The number of hydrogen-bond donors (Lipinski definition) is 0. The van der Waals surface area contributed by atoms with Crippen molar-refractivity contribution in [2.24, 2.45) is 10.2 Å². The van der Waals surface area contributed by atoms with Crippen LogP contribution < -0.4 is 0 Å². The Kier molecular flexibility index (Phi) is 4.65. The zero-order valence-electron chi connectivity index (χ0n) is 10.3. The Morgan fingerprint density at radius 2 is 1.33 bits per heavy atom. The molecule has 18 heavy (non-hydrogen) atoms. The van der Waals surface area contributed by atoms with E-state index < -0.39 is 0 Å². The smallest absolute Gasteiger partial charge is 0.0857 e. The van der Waals surface area contributed by atoms with Crippen molar-refractivity contribution in [1.82, 2.24) is 0 Å². The van der Waals surface area contributed by atoms with Crippen molar-refractivity contribution in [3.63, 3.8) is 0 Å². The molecule has 0 heterocycles. The molecule has 0 saturated carbocycles. The number of aryl methyl sites for hydroxylation is 1. The second-order valence-electron chi connectivity index (χ2n) is 4.09. The summed E-state index contributed by atoms with van der Waals surface area (Å²) in [5, 5.41) is 8.41. The normalized spacial score (nSPS) is 11.0. The monoisotopic (exact) mass is 302 g/mol. The molecule has 0 saturated heterocycles. The van der Waals surface area contributed by atoms with Gasteiger partial charge in [-0.3, -0.25) is 0 Å². The summed E-state index contributed by atoms with van der Waals surface area (Å²) in [5.41, 5.74) is 3.09. The molecule has 0 aliphatic heterocycles. The summed E-state index contributed by atoms with van der Waals surface area (Å²) in [6.07, 6.45) is 2.28. The molecule has 2 nitrogen and oxygen atoms in total. The second kappa shape index (κ2) is 6.45. The molecule has 0 atom stereocenters. The number of hydrogen-bond acceptors (Lipinski definition) is 2. The van der Waals surface area contributed by atoms with E-state index in [2.05, 4.69) is 45.2 Å². The predicted octanol–water partition coefficient (Wildman–Crippen LogP) is 5.82. The van der Waals surface area contributed by atoms with Gasteiger partial charge in [-0.15, -0.1) is 0 Å². The van der Waals surface area contributed by atoms with Crippen molar-refractivity contribution in [3.05, 3.63) is 58.6 Å². The highest BCUT2D eigenvalue weighted by atomic mass is 79.9. The van der Waals surface area contributed by atoms with Crippen molar-refractivity contribution in [1.29, 1.82) is 0 Å². The van der Waals surface area contributed by atoms with Crippen LogP contribution in [0.2, 0.25) is 0 Å². The predicted molar refractivity (Wildman–Crippen MR) is 78.8 cm³/mol. The zero-order chi connectivity index (χ0) is 12.8. The van der Waals surface area contributed by atoms with Gasteiger partial charge in [-0.2, -0.15) is 10.2 Å². The SMILES string of the molecule is CCCc1ccc(/N=N/c2ccc(Br)cc2)cc1. The minimum Gasteiger partial charge on any atom is -0.151 e. The Hall–Kier alpha value is -1.48. The van der Waals surface area contributed by atoms with E-state index in [-0.39, 0.29) is 0 Å². The Bertz CT molecular complexity index is 515. The van der Waals surface area contributed by atoms with E-state index in [1.54, 1.807) is 0 Å². The van der Waals surface area contributed by atoms with Crippen LogP contribution in [-0.4, -0.2) is 0 Å². The maximum absolute atomic E-state index is 4.22. The molecule has 2 rings (SSSR count). The van der Waals surface area contributed by atoms with Gasteiger partial charge in [0.05, 0.1) is 11.4 Å². The molecule has 0 aliphatic carbocycles. The maximum Gasteiger partial charge on any atom is 0.0857 e. The summed E-state index contributed by atoms with van der Waals surface area (Å²) in [6, 6.07) is 16.0. The Morgan fingerprint density at radius 1 is 0.833 bits per heavy atom. The molecule has 0 bridgehead atoms. The van der Waals surface area contributed by atoms with Gasteiger partial charge < -0.3 is 0 Å². The summed E-state index contributed by atoms with van der Waals surface area (Å²) in [4.78, 5) is 0. The summed E-state index contributed by atoms with van der Waals surface area (Å²) in [6.45, 7) is 2.18. The van der Waals surface area contributed by atoms with Crippen molar-refractivity contribution >= 4 is 27.3 Å². The first-order valence-corrected chi connectivity index (χ1v) is 6.83. The molecule has 0 spiro atoms. The van der Waals surface area contributed by atoms with Crippen LogP contribution in [0.1, 0.15) is 18.9 Å². The molecule has 0 unspecified atom stereocenters. The number of benzene rings is 2. The highest BCUT2D eigenvalue weighted by molar-refractivity contribution is 9.10. The van der Waals surface area contributed by atoms with Crippen LogP contribution in [0.15, 0.2) is 63.2 Å². The fourth-order valence-electron chi connectivity index (χ4n) is 1.64. The van der Waals surface area contributed by atoms with Gasteiger partial charge in [0.1, 0.15) is 0 Å². The lowest BCUT2D eigenvalue weighted by atomic mass is 10.1. The highest BCUT2D eigenvalue weighted by Gasteiger charge is 1.93. The molecule has 92 valence electrons. The van der Waals surface area contributed by atoms with Gasteiger partial charge in [-0.05, 0) is 48.4 Å². The lowest BCUT2D eigenvalue weighted by Gasteiger charge is -1.98. The van der Waals surface area contributed by atoms with Crippen LogP contribution in [0.4, 0.5) is 11.4 Å². The summed E-state index contributed by atoms with van der Waals surface area (Å²) < 4.78 is 1.05. The molecule has 0 amide bonds. The summed E-state index contributed by atoms with van der Waals surface area (Å²) >= 11 is 3.39. The topological polar surface area (TPSA) is 24.7 Å². The fourth-order valence-corrected chi connectivity index (χ4v) is 1.91. The van der Waals surface area contributed by atoms with Crippen LogP contribution in [0.25, 0.3) is 0 Å². The standard InChI is InChI=1S/C15H15BrN2/c1-2-3-12-4-8-14(9-5-12)17-18-15-10-6-13(16)7-11-15/h4-11H,2-3H2,1H3/b18-17+. The van der Waals surface area contributed by atoms with Gasteiger partial charge >= 0.3 is 0 Å². The van der Waals surface area contributed by atoms with Crippen molar-refractivity contribution in [2.75, 3.05) is 0 Å². The Morgan fingerprint density at radius 3 is 1.83 bits per heavy atom. The van der Waals surface area contributed by atoms with Crippen LogP contribution in [-0.2, 0) is 6.42 Å². The Labute approximate surface area is 116 Å². The number of nitrogens with zero attached hydrogens (tertiary/aromatic N) is 2. The molecular formula is C15H15BrN2. The summed E-state index contributed by atoms with van der Waals surface area (Å²) in [5.74, 6) is 0. The van der Waals surface area contributed by atoms with E-state index in [1.165, 1.54) is 12.0 Å². The molecule has 3 heteroatoms. The average Bonchev–Trinajstić information content (AvgIpc) is 2.40. The maximum atomic E-state index is 4.22. The number of azo groups is 1. The second-order valence-corrected chi connectivity index (χ2v) is 5.01. The molecule has 2 aromatic rings. The highest BCUT2D eigenvalue weighted by Crippen LogP contribution is 2.20. The van der Waals surface area contributed by atoms with E-state index in [0.717, 1.165) is 22.3 Å². The zero-order valence-corrected chi connectivity index (χ0v) is 11.9. The quantitative estimate of drug-likeness (QED) is 0.636. The van der Waals surface area contributed by atoms with Gasteiger partial charge in [0, 0.05) is 4.47 Å².